The van der Waals surface area contributed by atoms with Crippen LogP contribution in [0.4, 0.5) is 11.4 Å². The summed E-state index contributed by atoms with van der Waals surface area (Å²) in [5, 5.41) is 12.2. The smallest absolute Gasteiger partial charge is 0.261 e. The summed E-state index contributed by atoms with van der Waals surface area (Å²) in [5.41, 5.74) is 11.5. The predicted octanol–water partition coefficient (Wildman–Crippen LogP) is 6.50. The number of nitrogens with two attached hydrogens (primary N) is 1. The highest BCUT2D eigenvalue weighted by Crippen LogP contribution is 2.44. The molecule has 0 bridgehead atoms. The van der Waals surface area contributed by atoms with Crippen LogP contribution in [0, 0.1) is 6.92 Å². The fourth-order valence-electron chi connectivity index (χ4n) is 4.27. The molecule has 0 aromatic heterocycles. The van der Waals surface area contributed by atoms with Crippen LogP contribution in [0.1, 0.15) is 37.8 Å². The molecular weight excluding hydrogens is 432 g/mol. The maximum atomic E-state index is 13.3. The molecule has 0 saturated carbocycles. The van der Waals surface area contributed by atoms with Crippen molar-refractivity contribution in [3.05, 3.63) is 82.3 Å². The first-order valence-corrected chi connectivity index (χ1v) is 12.4. The molecule has 0 spiro atoms. The van der Waals surface area contributed by atoms with Crippen molar-refractivity contribution in [2.24, 2.45) is 0 Å². The molecule has 33 heavy (non-hydrogen) atoms. The molecule has 0 fully saturated rings. The zero-order valence-corrected chi connectivity index (χ0v) is 19.8. The number of phenolic OH excluding ortho intramolecular Hbond substituents is 1. The summed E-state index contributed by atoms with van der Waals surface area (Å²) in [5.74, 6) is 0.0815. The topological polar surface area (TPSA) is 92.4 Å². The molecular formula is C27H28N2O3S. The van der Waals surface area contributed by atoms with Gasteiger partial charge in [0.25, 0.3) is 10.0 Å². The number of fused-ring (bicyclic) bond motifs is 1. The molecule has 5 nitrogen and oxygen atoms in total. The van der Waals surface area contributed by atoms with Crippen molar-refractivity contribution in [3.8, 4) is 16.9 Å². The van der Waals surface area contributed by atoms with E-state index in [4.69, 9.17) is 5.73 Å². The third kappa shape index (κ3) is 4.26. The molecule has 1 aliphatic rings. The van der Waals surface area contributed by atoms with Gasteiger partial charge in [-0.2, -0.15) is 0 Å². The molecule has 170 valence electrons. The van der Waals surface area contributed by atoms with Crippen LogP contribution in [-0.2, 0) is 10.0 Å². The first-order chi connectivity index (χ1) is 15.7. The molecule has 0 heterocycles. The molecule has 0 unspecified atom stereocenters. The zero-order valence-electron chi connectivity index (χ0n) is 19.0. The molecule has 0 atom stereocenters. The van der Waals surface area contributed by atoms with Crippen molar-refractivity contribution < 1.29 is 13.5 Å². The summed E-state index contributed by atoms with van der Waals surface area (Å²) in [4.78, 5) is 0.265. The largest absolute Gasteiger partial charge is 0.507 e. The number of hydrogen-bond donors (Lipinski definition) is 3. The second-order valence-electron chi connectivity index (χ2n) is 8.36. The van der Waals surface area contributed by atoms with Gasteiger partial charge in [0, 0.05) is 27.6 Å². The minimum Gasteiger partial charge on any atom is -0.507 e. The molecule has 4 rings (SSSR count). The zero-order chi connectivity index (χ0) is 23.8. The first kappa shape index (κ1) is 22.7. The van der Waals surface area contributed by atoms with Gasteiger partial charge in [-0.3, -0.25) is 4.72 Å². The molecule has 3 aromatic carbocycles. The van der Waals surface area contributed by atoms with E-state index in [0.717, 1.165) is 23.1 Å². The molecule has 0 saturated heterocycles. The van der Waals surface area contributed by atoms with Crippen LogP contribution >= 0.6 is 0 Å². The summed E-state index contributed by atoms with van der Waals surface area (Å²) in [6.07, 6.45) is 8.82. The molecule has 3 aromatic rings. The second kappa shape index (κ2) is 8.79. The van der Waals surface area contributed by atoms with Crippen LogP contribution < -0.4 is 10.5 Å². The number of rotatable bonds is 5. The Balaban J connectivity index is 1.97. The van der Waals surface area contributed by atoms with Gasteiger partial charge in [0.05, 0.1) is 10.6 Å². The van der Waals surface area contributed by atoms with Crippen LogP contribution in [0.2, 0.25) is 0 Å². The monoisotopic (exact) mass is 460 g/mol. The highest BCUT2D eigenvalue weighted by atomic mass is 32.2. The van der Waals surface area contributed by atoms with Crippen LogP contribution in [0.3, 0.4) is 0 Å². The quantitative estimate of drug-likeness (QED) is 0.379. The van der Waals surface area contributed by atoms with E-state index in [1.807, 2.05) is 63.3 Å². The van der Waals surface area contributed by atoms with E-state index in [1.54, 1.807) is 24.3 Å². The molecule has 0 radical (unpaired) electrons. The normalized spacial score (nSPS) is 14.4. The number of anilines is 2. The van der Waals surface area contributed by atoms with Crippen molar-refractivity contribution in [3.63, 3.8) is 0 Å². The van der Waals surface area contributed by atoms with E-state index in [1.165, 1.54) is 0 Å². The van der Waals surface area contributed by atoms with E-state index in [9.17, 15) is 13.5 Å². The molecule has 6 heteroatoms. The highest BCUT2D eigenvalue weighted by Gasteiger charge is 2.22. The maximum Gasteiger partial charge on any atom is 0.261 e. The number of sulfonamides is 1. The Labute approximate surface area is 195 Å². The number of aromatic hydroxyl groups is 1. The lowest BCUT2D eigenvalue weighted by Gasteiger charge is -2.19. The average Bonchev–Trinajstić information content (AvgIpc) is 2.79. The molecule has 4 N–H and O–H groups in total. The number of aryl methyl sites for hydroxylation is 1. The van der Waals surface area contributed by atoms with Crippen molar-refractivity contribution in [2.45, 2.75) is 33.6 Å². The van der Waals surface area contributed by atoms with Gasteiger partial charge < -0.3 is 10.8 Å². The number of nitrogen functional groups attached to an aromatic ring is 1. The van der Waals surface area contributed by atoms with Gasteiger partial charge >= 0.3 is 0 Å². The molecule has 0 amide bonds. The van der Waals surface area contributed by atoms with E-state index >= 15 is 0 Å². The van der Waals surface area contributed by atoms with Crippen molar-refractivity contribution in [2.75, 3.05) is 10.5 Å². The van der Waals surface area contributed by atoms with Crippen LogP contribution in [-0.4, -0.2) is 13.5 Å². The van der Waals surface area contributed by atoms with E-state index in [0.29, 0.717) is 39.7 Å². The lowest BCUT2D eigenvalue weighted by Crippen LogP contribution is -2.16. The highest BCUT2D eigenvalue weighted by molar-refractivity contribution is 7.96. The third-order valence-electron chi connectivity index (χ3n) is 5.96. The Morgan fingerprint density at radius 1 is 1.09 bits per heavy atom. The fourth-order valence-corrected chi connectivity index (χ4v) is 5.54. The molecule has 1 aliphatic carbocycles. The number of phenols is 1. The predicted molar refractivity (Wildman–Crippen MR) is 139 cm³/mol. The van der Waals surface area contributed by atoms with Gasteiger partial charge in [0.1, 0.15) is 5.75 Å². The second-order valence-corrected chi connectivity index (χ2v) is 10.0. The Hall–Kier alpha value is -3.51. The minimum atomic E-state index is -3.79. The summed E-state index contributed by atoms with van der Waals surface area (Å²) < 4.78 is 29.3. The summed E-state index contributed by atoms with van der Waals surface area (Å²) in [6.45, 7) is 5.80. The maximum absolute atomic E-state index is 13.3. The number of allylic oxidation sites excluding steroid dienone is 4. The van der Waals surface area contributed by atoms with Crippen molar-refractivity contribution in [1.29, 1.82) is 0 Å². The van der Waals surface area contributed by atoms with E-state index in [-0.39, 0.29) is 10.7 Å². The van der Waals surface area contributed by atoms with E-state index < -0.39 is 10.0 Å². The van der Waals surface area contributed by atoms with Gasteiger partial charge in [-0.05, 0) is 62.9 Å². The summed E-state index contributed by atoms with van der Waals surface area (Å²) >= 11 is 0. The first-order valence-electron chi connectivity index (χ1n) is 10.9. The standard InChI is InChI=1S/C27H28N2O3S/c1-4-8-20-18(3)13-14-25(30)26(20)23-16-24(21-11-5-6-12-22(21)27(23)28)29-33(31,32)19-10-7-9-17(2)15-19/h4-6,8,10-16,29-30H,7,9,28H2,1-3H3/b8-4-. The van der Waals surface area contributed by atoms with Crippen molar-refractivity contribution >= 4 is 38.2 Å². The molecule has 0 aliphatic heterocycles. The Morgan fingerprint density at radius 3 is 2.52 bits per heavy atom. The lowest BCUT2D eigenvalue weighted by atomic mass is 9.91. The van der Waals surface area contributed by atoms with E-state index in [2.05, 4.69) is 4.72 Å². The summed E-state index contributed by atoms with van der Waals surface area (Å²) in [7, 11) is -3.79. The van der Waals surface area contributed by atoms with Crippen LogP contribution in [0.5, 0.6) is 5.75 Å². The number of benzene rings is 3. The average molecular weight is 461 g/mol. The summed E-state index contributed by atoms with van der Waals surface area (Å²) in [6, 6.07) is 12.6. The Bertz CT molecular complexity index is 1450. The van der Waals surface area contributed by atoms with Gasteiger partial charge in [0.2, 0.25) is 0 Å². The van der Waals surface area contributed by atoms with Gasteiger partial charge in [-0.25, -0.2) is 8.42 Å². The van der Waals surface area contributed by atoms with Gasteiger partial charge in [-0.15, -0.1) is 0 Å². The number of nitrogens with one attached hydrogen (secondary N) is 1. The lowest BCUT2D eigenvalue weighted by molar-refractivity contribution is 0.477. The van der Waals surface area contributed by atoms with Crippen molar-refractivity contribution in [1.82, 2.24) is 0 Å². The minimum absolute atomic E-state index is 0.0815. The van der Waals surface area contributed by atoms with Gasteiger partial charge in [-0.1, -0.05) is 54.1 Å². The number of hydrogen-bond acceptors (Lipinski definition) is 4. The van der Waals surface area contributed by atoms with Crippen LogP contribution in [0.15, 0.2) is 71.2 Å². The van der Waals surface area contributed by atoms with Crippen LogP contribution in [0.25, 0.3) is 28.0 Å². The Kier molecular flexibility index (Phi) is 6.04. The third-order valence-corrected chi connectivity index (χ3v) is 7.35. The fraction of sp³-hybridized carbons (Fsp3) is 0.185. The Morgan fingerprint density at radius 2 is 1.82 bits per heavy atom. The van der Waals surface area contributed by atoms with Gasteiger partial charge in [0.15, 0.2) is 0 Å². The SMILES string of the molecule is C/C=C\c1c(C)ccc(O)c1-c1cc(NS(=O)(=O)C2=CCCC(C)=C2)c2ccccc2c1N.